The number of para-hydroxylation sites is 1. The van der Waals surface area contributed by atoms with E-state index in [-0.39, 0.29) is 19.4 Å². The van der Waals surface area contributed by atoms with Gasteiger partial charge in [0.15, 0.2) is 6.61 Å². The van der Waals surface area contributed by atoms with Gasteiger partial charge in [0.25, 0.3) is 5.91 Å². The summed E-state index contributed by atoms with van der Waals surface area (Å²) >= 11 is 0. The average Bonchev–Trinajstić information content (AvgIpc) is 2.76. The highest BCUT2D eigenvalue weighted by molar-refractivity contribution is 5.84. The van der Waals surface area contributed by atoms with E-state index in [0.717, 1.165) is 11.1 Å². The fourth-order valence-corrected chi connectivity index (χ4v) is 3.59. The lowest BCUT2D eigenvalue weighted by Gasteiger charge is -2.29. The second-order valence-electron chi connectivity index (χ2n) is 7.29. The SMILES string of the molecule is O=C(COc1ccccc1-c1ccccc1)NNC(=O)[C@H]1CCC[C@H](C(F)(F)F)C1. The molecule has 1 saturated carbocycles. The number of hydrogen-bond donors (Lipinski definition) is 2. The van der Waals surface area contributed by atoms with E-state index in [4.69, 9.17) is 4.74 Å². The second kappa shape index (κ2) is 9.65. The zero-order valence-electron chi connectivity index (χ0n) is 16.2. The predicted molar refractivity (Wildman–Crippen MR) is 105 cm³/mol. The average molecular weight is 420 g/mol. The molecule has 0 aliphatic heterocycles. The lowest BCUT2D eigenvalue weighted by Crippen LogP contribution is -2.47. The molecule has 2 amide bonds. The minimum atomic E-state index is -4.30. The number of amides is 2. The van der Waals surface area contributed by atoms with Gasteiger partial charge in [-0.1, -0.05) is 55.0 Å². The van der Waals surface area contributed by atoms with Crippen molar-refractivity contribution in [3.05, 3.63) is 54.6 Å². The fourth-order valence-electron chi connectivity index (χ4n) is 3.59. The summed E-state index contributed by atoms with van der Waals surface area (Å²) in [7, 11) is 0. The minimum Gasteiger partial charge on any atom is -0.483 e. The molecule has 0 unspecified atom stereocenters. The molecule has 0 heterocycles. The van der Waals surface area contributed by atoms with Gasteiger partial charge in [0, 0.05) is 11.5 Å². The lowest BCUT2D eigenvalue weighted by atomic mass is 9.80. The molecule has 30 heavy (non-hydrogen) atoms. The van der Waals surface area contributed by atoms with Crippen LogP contribution in [0, 0.1) is 11.8 Å². The van der Waals surface area contributed by atoms with E-state index in [1.807, 2.05) is 42.5 Å². The topological polar surface area (TPSA) is 67.4 Å². The third-order valence-electron chi connectivity index (χ3n) is 5.16. The lowest BCUT2D eigenvalue weighted by molar-refractivity contribution is -0.186. The van der Waals surface area contributed by atoms with Crippen molar-refractivity contribution in [1.82, 2.24) is 10.9 Å². The summed E-state index contributed by atoms with van der Waals surface area (Å²) in [5.74, 6) is -2.96. The van der Waals surface area contributed by atoms with Crippen molar-refractivity contribution < 1.29 is 27.5 Å². The fraction of sp³-hybridized carbons (Fsp3) is 0.364. The van der Waals surface area contributed by atoms with Crippen LogP contribution in [0.3, 0.4) is 0 Å². The molecule has 1 fully saturated rings. The Morgan fingerprint density at radius 1 is 0.967 bits per heavy atom. The Kier molecular flexibility index (Phi) is 6.97. The van der Waals surface area contributed by atoms with Crippen LogP contribution in [0.5, 0.6) is 5.75 Å². The van der Waals surface area contributed by atoms with Gasteiger partial charge in [0.2, 0.25) is 5.91 Å². The van der Waals surface area contributed by atoms with Gasteiger partial charge in [0.05, 0.1) is 5.92 Å². The van der Waals surface area contributed by atoms with Crippen LogP contribution in [0.1, 0.15) is 25.7 Å². The molecule has 3 rings (SSSR count). The van der Waals surface area contributed by atoms with Gasteiger partial charge in [-0.05, 0) is 30.9 Å². The first kappa shape index (κ1) is 21.7. The van der Waals surface area contributed by atoms with E-state index in [0.29, 0.717) is 18.6 Å². The second-order valence-corrected chi connectivity index (χ2v) is 7.29. The van der Waals surface area contributed by atoms with Gasteiger partial charge >= 0.3 is 6.18 Å². The molecule has 2 N–H and O–H groups in total. The zero-order chi connectivity index (χ0) is 21.6. The molecule has 1 aliphatic carbocycles. The summed E-state index contributed by atoms with van der Waals surface area (Å²) in [5.41, 5.74) is 6.18. The summed E-state index contributed by atoms with van der Waals surface area (Å²) in [6.07, 6.45) is -3.83. The van der Waals surface area contributed by atoms with Crippen LogP contribution < -0.4 is 15.6 Å². The normalized spacial score (nSPS) is 19.0. The van der Waals surface area contributed by atoms with E-state index in [9.17, 15) is 22.8 Å². The Morgan fingerprint density at radius 3 is 2.40 bits per heavy atom. The zero-order valence-corrected chi connectivity index (χ0v) is 16.2. The van der Waals surface area contributed by atoms with Crippen molar-refractivity contribution in [1.29, 1.82) is 0 Å². The Morgan fingerprint density at radius 2 is 1.67 bits per heavy atom. The largest absolute Gasteiger partial charge is 0.483 e. The van der Waals surface area contributed by atoms with E-state index >= 15 is 0 Å². The number of nitrogens with one attached hydrogen (secondary N) is 2. The molecule has 160 valence electrons. The number of alkyl halides is 3. The van der Waals surface area contributed by atoms with Gasteiger partial charge in [-0.15, -0.1) is 0 Å². The highest BCUT2D eigenvalue weighted by atomic mass is 19.4. The highest BCUT2D eigenvalue weighted by Gasteiger charge is 2.43. The first-order valence-electron chi connectivity index (χ1n) is 9.77. The summed E-state index contributed by atoms with van der Waals surface area (Å²) in [5, 5.41) is 0. The van der Waals surface area contributed by atoms with Crippen molar-refractivity contribution in [3.63, 3.8) is 0 Å². The Balaban J connectivity index is 1.50. The standard InChI is InChI=1S/C22H23F3N2O3/c23-22(24,25)17-10-6-9-16(13-17)21(29)27-26-20(28)14-30-19-12-5-4-11-18(19)15-7-2-1-3-8-15/h1-5,7-8,11-12,16-17H,6,9-10,13-14H2,(H,26,28)(H,27,29)/t16-,17-/m0/s1. The quantitative estimate of drug-likeness (QED) is 0.711. The van der Waals surface area contributed by atoms with Crippen LogP contribution in [0.15, 0.2) is 54.6 Å². The monoisotopic (exact) mass is 420 g/mol. The van der Waals surface area contributed by atoms with Crippen LogP contribution >= 0.6 is 0 Å². The molecule has 2 atom stereocenters. The van der Waals surface area contributed by atoms with Crippen molar-refractivity contribution in [2.45, 2.75) is 31.9 Å². The van der Waals surface area contributed by atoms with Crippen LogP contribution in [0.2, 0.25) is 0 Å². The molecular formula is C22H23F3N2O3. The Labute approximate surface area is 172 Å². The molecule has 0 bridgehead atoms. The van der Waals surface area contributed by atoms with Gasteiger partial charge in [-0.2, -0.15) is 13.2 Å². The number of ether oxygens (including phenoxy) is 1. The van der Waals surface area contributed by atoms with Gasteiger partial charge in [0.1, 0.15) is 5.75 Å². The summed E-state index contributed by atoms with van der Waals surface area (Å²) in [6.45, 7) is -0.347. The molecule has 2 aromatic carbocycles. The van der Waals surface area contributed by atoms with Crippen LogP contribution in [0.25, 0.3) is 11.1 Å². The van der Waals surface area contributed by atoms with Gasteiger partial charge in [-0.3, -0.25) is 20.4 Å². The number of hydrazine groups is 1. The maximum Gasteiger partial charge on any atom is 0.391 e. The van der Waals surface area contributed by atoms with Crippen molar-refractivity contribution in [2.24, 2.45) is 11.8 Å². The summed E-state index contributed by atoms with van der Waals surface area (Å²) in [6, 6.07) is 16.7. The van der Waals surface area contributed by atoms with E-state index in [1.54, 1.807) is 12.1 Å². The first-order chi connectivity index (χ1) is 14.3. The molecule has 1 aliphatic rings. The third-order valence-corrected chi connectivity index (χ3v) is 5.16. The molecule has 8 heteroatoms. The van der Waals surface area contributed by atoms with E-state index in [2.05, 4.69) is 10.9 Å². The summed E-state index contributed by atoms with van der Waals surface area (Å²) < 4.78 is 44.3. The van der Waals surface area contributed by atoms with E-state index in [1.165, 1.54) is 0 Å². The number of rotatable bonds is 5. The number of carbonyl (C=O) groups excluding carboxylic acids is 2. The Hall–Kier alpha value is -3.03. The summed E-state index contributed by atoms with van der Waals surface area (Å²) in [4.78, 5) is 24.2. The van der Waals surface area contributed by atoms with Crippen molar-refractivity contribution in [3.8, 4) is 16.9 Å². The smallest absolute Gasteiger partial charge is 0.391 e. The molecule has 0 radical (unpaired) electrons. The number of carbonyl (C=O) groups is 2. The number of hydrogen-bond acceptors (Lipinski definition) is 3. The molecule has 0 aromatic heterocycles. The highest BCUT2D eigenvalue weighted by Crippen LogP contribution is 2.39. The maximum absolute atomic E-state index is 12.9. The maximum atomic E-state index is 12.9. The van der Waals surface area contributed by atoms with Crippen LogP contribution in [-0.4, -0.2) is 24.6 Å². The number of halogens is 3. The van der Waals surface area contributed by atoms with Crippen LogP contribution in [-0.2, 0) is 9.59 Å². The van der Waals surface area contributed by atoms with Gasteiger partial charge in [-0.25, -0.2) is 0 Å². The molecule has 0 spiro atoms. The van der Waals surface area contributed by atoms with Crippen LogP contribution in [0.4, 0.5) is 13.2 Å². The predicted octanol–water partition coefficient (Wildman–Crippen LogP) is 4.25. The first-order valence-corrected chi connectivity index (χ1v) is 9.77. The third kappa shape index (κ3) is 5.75. The van der Waals surface area contributed by atoms with Gasteiger partial charge < -0.3 is 4.74 Å². The van der Waals surface area contributed by atoms with Crippen molar-refractivity contribution >= 4 is 11.8 Å². The molecule has 5 nitrogen and oxygen atoms in total. The molecular weight excluding hydrogens is 397 g/mol. The molecule has 0 saturated heterocycles. The van der Waals surface area contributed by atoms with E-state index < -0.39 is 29.8 Å². The Bertz CT molecular complexity index is 871. The number of benzene rings is 2. The van der Waals surface area contributed by atoms with Crippen molar-refractivity contribution in [2.75, 3.05) is 6.61 Å². The minimum absolute atomic E-state index is 0.0360. The molecule has 2 aromatic rings.